The van der Waals surface area contributed by atoms with Crippen LogP contribution in [0, 0.1) is 6.92 Å². The molecule has 0 fully saturated rings. The first-order valence-electron chi connectivity index (χ1n) is 5.35. The molecule has 1 heterocycles. The molecule has 1 aromatic carbocycles. The normalized spacial score (nSPS) is 16.7. The van der Waals surface area contributed by atoms with Crippen molar-refractivity contribution in [3.63, 3.8) is 0 Å². The number of amidine groups is 1. The Kier molecular flexibility index (Phi) is 3.81. The van der Waals surface area contributed by atoms with E-state index in [0.717, 1.165) is 6.54 Å². The van der Waals surface area contributed by atoms with Crippen molar-refractivity contribution in [3.8, 4) is 0 Å². The Hall–Kier alpha value is -0.791. The van der Waals surface area contributed by atoms with Crippen molar-refractivity contribution in [2.24, 2.45) is 4.99 Å². The van der Waals surface area contributed by atoms with Crippen LogP contribution in [0.2, 0.25) is 5.32 Å². The summed E-state index contributed by atoms with van der Waals surface area (Å²) in [6.07, 6.45) is 2.59. The number of aryl methyl sites for hydroxylation is 1. The van der Waals surface area contributed by atoms with Crippen LogP contribution in [0.3, 0.4) is 0 Å². The zero-order valence-corrected chi connectivity index (χ0v) is 10.7. The number of rotatable bonds is 1. The van der Waals surface area contributed by atoms with E-state index in [4.69, 9.17) is 0 Å². The molecule has 0 aliphatic carbocycles. The maximum atomic E-state index is 4.57. The third-order valence-electron chi connectivity index (χ3n) is 2.35. The Balaban J connectivity index is 2.01. The van der Waals surface area contributed by atoms with Crippen LogP contribution in [0.4, 0.5) is 5.69 Å². The number of hydrogen-bond donors (Lipinski definition) is 1. The summed E-state index contributed by atoms with van der Waals surface area (Å²) in [4.78, 5) is 4.57. The first-order chi connectivity index (χ1) is 7.34. The quantitative estimate of drug-likeness (QED) is 0.777. The van der Waals surface area contributed by atoms with Crippen LogP contribution in [0.25, 0.3) is 0 Å². The SMILES string of the molecule is Cc1ccc(NC2=NCCCC[Se]2)cc1. The van der Waals surface area contributed by atoms with Gasteiger partial charge in [-0.25, -0.2) is 0 Å². The molecule has 3 heteroatoms. The molecule has 1 aliphatic rings. The van der Waals surface area contributed by atoms with E-state index < -0.39 is 0 Å². The van der Waals surface area contributed by atoms with E-state index >= 15 is 0 Å². The van der Waals surface area contributed by atoms with Crippen molar-refractivity contribution in [1.82, 2.24) is 0 Å². The number of hydrogen-bond acceptors (Lipinski definition) is 2. The van der Waals surface area contributed by atoms with Crippen LogP contribution in [-0.2, 0) is 0 Å². The molecule has 0 atom stereocenters. The second-order valence-electron chi connectivity index (χ2n) is 3.73. The molecule has 2 nitrogen and oxygen atoms in total. The summed E-state index contributed by atoms with van der Waals surface area (Å²) < 4.78 is 1.21. The van der Waals surface area contributed by atoms with Gasteiger partial charge in [-0.2, -0.15) is 0 Å². The van der Waals surface area contributed by atoms with Gasteiger partial charge in [0.2, 0.25) is 0 Å². The fourth-order valence-electron chi connectivity index (χ4n) is 1.44. The Labute approximate surface area is 97.3 Å². The molecule has 1 aliphatic heterocycles. The summed E-state index contributed by atoms with van der Waals surface area (Å²) in [6.45, 7) is 3.10. The summed E-state index contributed by atoms with van der Waals surface area (Å²) in [5.74, 6) is 0. The predicted molar refractivity (Wildman–Crippen MR) is 66.9 cm³/mol. The summed E-state index contributed by atoms with van der Waals surface area (Å²) in [5.41, 5.74) is 2.47. The second kappa shape index (κ2) is 5.34. The van der Waals surface area contributed by atoms with Gasteiger partial charge >= 0.3 is 97.1 Å². The van der Waals surface area contributed by atoms with Gasteiger partial charge in [0.1, 0.15) is 0 Å². The van der Waals surface area contributed by atoms with Gasteiger partial charge in [-0.1, -0.05) is 0 Å². The Morgan fingerprint density at radius 3 is 2.80 bits per heavy atom. The standard InChI is InChI=1S/C12H16N2Se/c1-10-4-6-11(7-5-10)14-12-13-8-2-3-9-15-12/h4-7H,2-3,8-9H2,1H3,(H,13,14). The van der Waals surface area contributed by atoms with Crippen molar-refractivity contribution < 1.29 is 0 Å². The van der Waals surface area contributed by atoms with Crippen LogP contribution >= 0.6 is 0 Å². The number of aliphatic imine (C=N–C) groups is 1. The van der Waals surface area contributed by atoms with E-state index in [-0.39, 0.29) is 0 Å². The third kappa shape index (κ3) is 3.36. The molecule has 0 amide bonds. The van der Waals surface area contributed by atoms with Gasteiger partial charge in [0, 0.05) is 0 Å². The van der Waals surface area contributed by atoms with Gasteiger partial charge in [-0.3, -0.25) is 0 Å². The Morgan fingerprint density at radius 1 is 1.20 bits per heavy atom. The van der Waals surface area contributed by atoms with Crippen LogP contribution < -0.4 is 5.32 Å². The molecule has 0 aromatic heterocycles. The van der Waals surface area contributed by atoms with Crippen molar-refractivity contribution in [2.45, 2.75) is 25.1 Å². The monoisotopic (exact) mass is 268 g/mol. The first kappa shape index (κ1) is 10.7. The summed E-state index contributed by atoms with van der Waals surface area (Å²) >= 11 is 0.543. The Bertz CT molecular complexity index is 343. The number of anilines is 1. The summed E-state index contributed by atoms with van der Waals surface area (Å²) in [7, 11) is 0. The van der Waals surface area contributed by atoms with Gasteiger partial charge in [0.05, 0.1) is 0 Å². The van der Waals surface area contributed by atoms with Crippen molar-refractivity contribution in [2.75, 3.05) is 11.9 Å². The molecule has 0 unspecified atom stereocenters. The first-order valence-corrected chi connectivity index (χ1v) is 7.42. The fourth-order valence-corrected chi connectivity index (χ4v) is 3.36. The molecule has 15 heavy (non-hydrogen) atoms. The molecule has 0 radical (unpaired) electrons. The molecule has 0 saturated heterocycles. The molecule has 1 aromatic rings. The third-order valence-corrected chi connectivity index (χ3v) is 4.44. The summed E-state index contributed by atoms with van der Waals surface area (Å²) in [5, 5.41) is 4.75. The predicted octanol–water partition coefficient (Wildman–Crippen LogP) is 2.68. The minimum atomic E-state index is 0.543. The molecule has 0 saturated carbocycles. The maximum absolute atomic E-state index is 4.57. The molecule has 80 valence electrons. The number of nitrogens with one attached hydrogen (secondary N) is 1. The van der Waals surface area contributed by atoms with Gasteiger partial charge in [0.15, 0.2) is 0 Å². The average molecular weight is 267 g/mol. The molecule has 0 spiro atoms. The minimum absolute atomic E-state index is 0.543. The Morgan fingerprint density at radius 2 is 2.00 bits per heavy atom. The number of nitrogens with zero attached hydrogens (tertiary/aromatic N) is 1. The van der Waals surface area contributed by atoms with Gasteiger partial charge in [-0.05, 0) is 0 Å². The zero-order chi connectivity index (χ0) is 10.5. The fraction of sp³-hybridized carbons (Fsp3) is 0.417. The van der Waals surface area contributed by atoms with Crippen molar-refractivity contribution in [3.05, 3.63) is 29.8 Å². The van der Waals surface area contributed by atoms with Crippen LogP contribution in [0.1, 0.15) is 18.4 Å². The average Bonchev–Trinajstić information content (AvgIpc) is 2.50. The van der Waals surface area contributed by atoms with Crippen LogP contribution in [0.15, 0.2) is 29.3 Å². The topological polar surface area (TPSA) is 24.4 Å². The van der Waals surface area contributed by atoms with Crippen LogP contribution in [0.5, 0.6) is 0 Å². The molecule has 1 N–H and O–H groups in total. The van der Waals surface area contributed by atoms with Crippen molar-refractivity contribution >= 4 is 25.4 Å². The number of benzene rings is 1. The van der Waals surface area contributed by atoms with E-state index in [9.17, 15) is 0 Å². The molecular weight excluding hydrogens is 251 g/mol. The van der Waals surface area contributed by atoms with Gasteiger partial charge in [0.25, 0.3) is 0 Å². The molecule has 2 rings (SSSR count). The summed E-state index contributed by atoms with van der Waals surface area (Å²) in [6, 6.07) is 8.51. The van der Waals surface area contributed by atoms with E-state index in [1.54, 1.807) is 0 Å². The van der Waals surface area contributed by atoms with Crippen LogP contribution in [-0.4, -0.2) is 26.2 Å². The molecular formula is C12H16N2Se. The van der Waals surface area contributed by atoms with E-state index in [1.165, 1.54) is 34.1 Å². The van der Waals surface area contributed by atoms with E-state index in [0.29, 0.717) is 15.0 Å². The van der Waals surface area contributed by atoms with E-state index in [1.807, 2.05) is 0 Å². The zero-order valence-electron chi connectivity index (χ0n) is 8.99. The second-order valence-corrected chi connectivity index (χ2v) is 6.01. The van der Waals surface area contributed by atoms with Gasteiger partial charge < -0.3 is 0 Å². The van der Waals surface area contributed by atoms with Gasteiger partial charge in [-0.15, -0.1) is 0 Å². The van der Waals surface area contributed by atoms with Crippen molar-refractivity contribution in [1.29, 1.82) is 0 Å². The molecule has 0 bridgehead atoms. The van der Waals surface area contributed by atoms with E-state index in [2.05, 4.69) is 41.5 Å².